The van der Waals surface area contributed by atoms with Gasteiger partial charge in [-0.25, -0.2) is 4.79 Å². The molecule has 2 rings (SSSR count). The lowest BCUT2D eigenvalue weighted by Crippen LogP contribution is -2.47. The van der Waals surface area contributed by atoms with Crippen LogP contribution in [-0.2, 0) is 23.8 Å². The Kier molecular flexibility index (Phi) is 1.85. The molecule has 1 aromatic rings. The number of hydrogen-bond donors (Lipinski definition) is 2. The molecule has 5 nitrogen and oxygen atoms in total. The normalized spacial score (nSPS) is 25.9. The first-order valence-corrected chi connectivity index (χ1v) is 4.59. The lowest BCUT2D eigenvalue weighted by atomic mass is 9.81. The van der Waals surface area contributed by atoms with Crippen molar-refractivity contribution in [2.75, 3.05) is 0 Å². The van der Waals surface area contributed by atoms with E-state index in [1.807, 2.05) is 0 Å². The molecule has 0 aromatic carbocycles. The molecule has 14 heavy (non-hydrogen) atoms. The van der Waals surface area contributed by atoms with Crippen LogP contribution < -0.4 is 5.73 Å². The Hall–Kier alpha value is -1.36. The third-order valence-corrected chi connectivity index (χ3v) is 2.75. The van der Waals surface area contributed by atoms with E-state index in [1.165, 1.54) is 0 Å². The fraction of sp³-hybridized carbons (Fsp3) is 0.556. The van der Waals surface area contributed by atoms with Crippen molar-refractivity contribution in [3.8, 4) is 0 Å². The molecule has 1 atom stereocenters. The topological polar surface area (TPSA) is 81.1 Å². The molecule has 0 saturated carbocycles. The van der Waals surface area contributed by atoms with Crippen LogP contribution in [0.3, 0.4) is 0 Å². The second kappa shape index (κ2) is 2.81. The highest BCUT2D eigenvalue weighted by Gasteiger charge is 2.41. The SMILES string of the molecule is Cn1cc2c(n1)CCCC2(N)C(=O)O. The summed E-state index contributed by atoms with van der Waals surface area (Å²) in [5.74, 6) is -0.966. The minimum atomic E-state index is -1.23. The van der Waals surface area contributed by atoms with Crippen molar-refractivity contribution in [2.45, 2.75) is 24.8 Å². The third-order valence-electron chi connectivity index (χ3n) is 2.75. The van der Waals surface area contributed by atoms with Gasteiger partial charge >= 0.3 is 5.97 Å². The smallest absolute Gasteiger partial charge is 0.328 e. The number of nitrogens with two attached hydrogens (primary N) is 1. The van der Waals surface area contributed by atoms with Crippen LogP contribution in [0, 0.1) is 0 Å². The number of hydrogen-bond acceptors (Lipinski definition) is 3. The van der Waals surface area contributed by atoms with Crippen LogP contribution in [-0.4, -0.2) is 20.9 Å². The predicted molar refractivity (Wildman–Crippen MR) is 49.6 cm³/mol. The average molecular weight is 195 g/mol. The van der Waals surface area contributed by atoms with Crippen molar-refractivity contribution < 1.29 is 9.90 Å². The first kappa shape index (κ1) is 9.21. The summed E-state index contributed by atoms with van der Waals surface area (Å²) in [6.45, 7) is 0. The molecule has 3 N–H and O–H groups in total. The second-order valence-electron chi connectivity index (χ2n) is 3.79. The standard InChI is InChI=1S/C9H13N3O2/c1-12-5-6-7(11-12)3-2-4-9(6,10)8(13)14/h5H,2-4,10H2,1H3,(H,13,14). The van der Waals surface area contributed by atoms with E-state index in [9.17, 15) is 4.79 Å². The highest BCUT2D eigenvalue weighted by molar-refractivity contribution is 5.81. The molecule has 1 heterocycles. The largest absolute Gasteiger partial charge is 0.480 e. The third kappa shape index (κ3) is 1.13. The van der Waals surface area contributed by atoms with E-state index in [0.29, 0.717) is 12.0 Å². The number of carboxylic acid groups (broad SMARTS) is 1. The zero-order valence-electron chi connectivity index (χ0n) is 8.03. The number of aryl methyl sites for hydroxylation is 2. The fourth-order valence-electron chi connectivity index (χ4n) is 1.98. The van der Waals surface area contributed by atoms with Crippen LogP contribution in [0.4, 0.5) is 0 Å². The maximum Gasteiger partial charge on any atom is 0.328 e. The van der Waals surface area contributed by atoms with Crippen molar-refractivity contribution in [3.63, 3.8) is 0 Å². The van der Waals surface area contributed by atoms with Gasteiger partial charge < -0.3 is 10.8 Å². The molecule has 0 radical (unpaired) electrons. The summed E-state index contributed by atoms with van der Waals surface area (Å²) in [6, 6.07) is 0. The van der Waals surface area contributed by atoms with Crippen LogP contribution in [0.2, 0.25) is 0 Å². The van der Waals surface area contributed by atoms with Gasteiger partial charge in [-0.1, -0.05) is 0 Å². The molecule has 0 fully saturated rings. The molecular weight excluding hydrogens is 182 g/mol. The van der Waals surface area contributed by atoms with Gasteiger partial charge in [0, 0.05) is 18.8 Å². The van der Waals surface area contributed by atoms with E-state index in [4.69, 9.17) is 10.8 Å². The number of aromatic nitrogens is 2. The zero-order valence-corrected chi connectivity index (χ0v) is 8.03. The minimum Gasteiger partial charge on any atom is -0.480 e. The summed E-state index contributed by atoms with van der Waals surface area (Å²) in [5.41, 5.74) is 6.13. The van der Waals surface area contributed by atoms with Gasteiger partial charge in [-0.3, -0.25) is 4.68 Å². The van der Waals surface area contributed by atoms with Gasteiger partial charge in [-0.2, -0.15) is 5.10 Å². The van der Waals surface area contributed by atoms with Gasteiger partial charge in [0.2, 0.25) is 0 Å². The Bertz CT molecular complexity index is 385. The molecular formula is C9H13N3O2. The molecule has 1 unspecified atom stereocenters. The Morgan fingerprint density at radius 3 is 3.14 bits per heavy atom. The quantitative estimate of drug-likeness (QED) is 0.660. The van der Waals surface area contributed by atoms with Crippen LogP contribution in [0.25, 0.3) is 0 Å². The first-order valence-electron chi connectivity index (χ1n) is 4.59. The number of carboxylic acids is 1. The molecule has 0 aliphatic heterocycles. The Morgan fingerprint density at radius 2 is 2.50 bits per heavy atom. The van der Waals surface area contributed by atoms with Crippen LogP contribution in [0.1, 0.15) is 24.1 Å². The van der Waals surface area contributed by atoms with Crippen molar-refractivity contribution >= 4 is 5.97 Å². The summed E-state index contributed by atoms with van der Waals surface area (Å²) in [5, 5.41) is 13.3. The summed E-state index contributed by atoms with van der Waals surface area (Å²) in [6.07, 6.45) is 3.80. The van der Waals surface area contributed by atoms with E-state index in [1.54, 1.807) is 17.9 Å². The van der Waals surface area contributed by atoms with E-state index >= 15 is 0 Å². The lowest BCUT2D eigenvalue weighted by molar-refractivity contribution is -0.144. The monoisotopic (exact) mass is 195 g/mol. The average Bonchev–Trinajstić information content (AvgIpc) is 2.47. The van der Waals surface area contributed by atoms with Crippen LogP contribution in [0.5, 0.6) is 0 Å². The molecule has 0 amide bonds. The summed E-state index contributed by atoms with van der Waals surface area (Å²) < 4.78 is 1.63. The summed E-state index contributed by atoms with van der Waals surface area (Å²) >= 11 is 0. The van der Waals surface area contributed by atoms with Crippen molar-refractivity contribution in [1.82, 2.24) is 9.78 Å². The van der Waals surface area contributed by atoms with Gasteiger partial charge in [0.05, 0.1) is 5.69 Å². The first-order chi connectivity index (χ1) is 6.54. The van der Waals surface area contributed by atoms with Crippen molar-refractivity contribution in [2.24, 2.45) is 12.8 Å². The molecule has 1 aliphatic carbocycles. The van der Waals surface area contributed by atoms with Gasteiger partial charge in [0.1, 0.15) is 5.54 Å². The lowest BCUT2D eigenvalue weighted by Gasteiger charge is -2.28. The molecule has 76 valence electrons. The van der Waals surface area contributed by atoms with E-state index in [-0.39, 0.29) is 0 Å². The summed E-state index contributed by atoms with van der Waals surface area (Å²) in [4.78, 5) is 11.1. The van der Waals surface area contributed by atoms with Crippen molar-refractivity contribution in [3.05, 3.63) is 17.5 Å². The maximum absolute atomic E-state index is 11.1. The molecule has 1 aromatic heterocycles. The predicted octanol–water partition coefficient (Wildman–Crippen LogP) is -0.00500. The molecule has 0 bridgehead atoms. The van der Waals surface area contributed by atoms with Crippen LogP contribution in [0.15, 0.2) is 6.20 Å². The summed E-state index contributed by atoms with van der Waals surface area (Å²) in [7, 11) is 1.78. The minimum absolute atomic E-state index is 0.487. The highest BCUT2D eigenvalue weighted by atomic mass is 16.4. The van der Waals surface area contributed by atoms with E-state index < -0.39 is 11.5 Å². The Labute approximate surface area is 81.5 Å². The van der Waals surface area contributed by atoms with Gasteiger partial charge in [-0.15, -0.1) is 0 Å². The zero-order chi connectivity index (χ0) is 10.3. The second-order valence-corrected chi connectivity index (χ2v) is 3.79. The van der Waals surface area contributed by atoms with E-state index in [2.05, 4.69) is 5.10 Å². The van der Waals surface area contributed by atoms with Gasteiger partial charge in [0.25, 0.3) is 0 Å². The number of fused-ring (bicyclic) bond motifs is 1. The molecule has 1 aliphatic rings. The van der Waals surface area contributed by atoms with Gasteiger partial charge in [-0.05, 0) is 19.3 Å². The molecule has 0 spiro atoms. The van der Waals surface area contributed by atoms with E-state index in [0.717, 1.165) is 18.5 Å². The number of nitrogens with zero attached hydrogens (tertiary/aromatic N) is 2. The number of rotatable bonds is 1. The fourth-order valence-corrected chi connectivity index (χ4v) is 1.98. The Balaban J connectivity index is 2.54. The molecule has 5 heteroatoms. The molecule has 0 saturated heterocycles. The van der Waals surface area contributed by atoms with Crippen LogP contribution >= 0.6 is 0 Å². The Morgan fingerprint density at radius 1 is 1.79 bits per heavy atom. The number of aliphatic carboxylic acids is 1. The van der Waals surface area contributed by atoms with Crippen molar-refractivity contribution in [1.29, 1.82) is 0 Å². The van der Waals surface area contributed by atoms with Gasteiger partial charge in [0.15, 0.2) is 0 Å². The maximum atomic E-state index is 11.1. The number of carbonyl (C=O) groups is 1. The highest BCUT2D eigenvalue weighted by Crippen LogP contribution is 2.32.